The summed E-state index contributed by atoms with van der Waals surface area (Å²) in [5, 5.41) is 7.15. The maximum absolute atomic E-state index is 12.6. The molecule has 2 heterocycles. The Kier molecular flexibility index (Phi) is 9.66. The molecule has 2 aromatic rings. The number of pyridine rings is 1. The minimum absolute atomic E-state index is 0. The van der Waals surface area contributed by atoms with Gasteiger partial charge in [-0.15, -0.1) is 24.8 Å². The van der Waals surface area contributed by atoms with E-state index in [2.05, 4.69) is 29.5 Å². The first-order valence-corrected chi connectivity index (χ1v) is 8.82. The molecule has 7 heteroatoms. The van der Waals surface area contributed by atoms with E-state index < -0.39 is 5.54 Å². The van der Waals surface area contributed by atoms with Gasteiger partial charge in [-0.2, -0.15) is 11.3 Å². The van der Waals surface area contributed by atoms with Crippen LogP contribution in [0.25, 0.3) is 11.3 Å². The third-order valence-corrected chi connectivity index (χ3v) is 4.56. The summed E-state index contributed by atoms with van der Waals surface area (Å²) in [7, 11) is 0. The zero-order valence-corrected chi connectivity index (χ0v) is 17.5. The number of rotatable bonds is 6. The van der Waals surface area contributed by atoms with Crippen molar-refractivity contribution in [3.05, 3.63) is 40.2 Å². The van der Waals surface area contributed by atoms with Gasteiger partial charge in [0.15, 0.2) is 0 Å². The van der Waals surface area contributed by atoms with Crippen molar-refractivity contribution in [2.45, 2.75) is 39.7 Å². The molecule has 140 valence electrons. The number of halogens is 2. The van der Waals surface area contributed by atoms with Crippen LogP contribution in [-0.4, -0.2) is 23.0 Å². The highest BCUT2D eigenvalue weighted by Gasteiger charge is 2.27. The third-order valence-electron chi connectivity index (χ3n) is 3.87. The van der Waals surface area contributed by atoms with Crippen LogP contribution in [0.2, 0.25) is 0 Å². The number of thiophene rings is 1. The molecule has 0 aliphatic carbocycles. The number of aromatic nitrogens is 1. The van der Waals surface area contributed by atoms with Crippen molar-refractivity contribution >= 4 is 42.1 Å². The summed E-state index contributed by atoms with van der Waals surface area (Å²) in [5.41, 5.74) is 8.79. The van der Waals surface area contributed by atoms with Crippen LogP contribution in [0.1, 0.15) is 43.2 Å². The molecule has 1 amide bonds. The molecule has 25 heavy (non-hydrogen) atoms. The van der Waals surface area contributed by atoms with Crippen molar-refractivity contribution in [3.8, 4) is 11.3 Å². The summed E-state index contributed by atoms with van der Waals surface area (Å²) >= 11 is 1.63. The zero-order chi connectivity index (χ0) is 17.0. The van der Waals surface area contributed by atoms with Crippen molar-refractivity contribution in [2.75, 3.05) is 6.54 Å². The molecule has 0 saturated heterocycles. The van der Waals surface area contributed by atoms with E-state index in [0.717, 1.165) is 23.4 Å². The number of hydrogen-bond acceptors (Lipinski definition) is 4. The molecule has 0 spiro atoms. The fourth-order valence-corrected chi connectivity index (χ4v) is 3.45. The van der Waals surface area contributed by atoms with Gasteiger partial charge < -0.3 is 11.1 Å². The fourth-order valence-electron chi connectivity index (χ4n) is 2.80. The van der Waals surface area contributed by atoms with Gasteiger partial charge >= 0.3 is 0 Å². The maximum atomic E-state index is 12.6. The number of amides is 1. The van der Waals surface area contributed by atoms with Crippen LogP contribution in [0.5, 0.6) is 0 Å². The summed E-state index contributed by atoms with van der Waals surface area (Å²) in [5.74, 6) is 0.351. The van der Waals surface area contributed by atoms with Crippen molar-refractivity contribution in [2.24, 2.45) is 11.7 Å². The van der Waals surface area contributed by atoms with Crippen LogP contribution >= 0.6 is 36.2 Å². The van der Waals surface area contributed by atoms with E-state index in [-0.39, 0.29) is 30.7 Å². The smallest absolute Gasteiger partial charge is 0.253 e. The lowest BCUT2D eigenvalue weighted by atomic mass is 9.90. The number of carbonyl (C=O) groups excluding carboxylic acids is 1. The normalized spacial score (nSPS) is 12.7. The van der Waals surface area contributed by atoms with Gasteiger partial charge in [0.25, 0.3) is 5.91 Å². The molecule has 4 nitrogen and oxygen atoms in total. The second-order valence-corrected chi connectivity index (χ2v) is 7.44. The Labute approximate surface area is 166 Å². The highest BCUT2D eigenvalue weighted by molar-refractivity contribution is 7.08. The largest absolute Gasteiger partial charge is 0.346 e. The molecular weight excluding hydrogens is 377 g/mol. The van der Waals surface area contributed by atoms with Gasteiger partial charge in [-0.05, 0) is 49.8 Å². The fraction of sp³-hybridized carbons (Fsp3) is 0.444. The van der Waals surface area contributed by atoms with Crippen molar-refractivity contribution in [1.29, 1.82) is 0 Å². The average molecular weight is 404 g/mol. The number of hydrogen-bond donors (Lipinski definition) is 2. The van der Waals surface area contributed by atoms with E-state index in [1.807, 2.05) is 37.4 Å². The van der Waals surface area contributed by atoms with Gasteiger partial charge in [-0.1, -0.05) is 13.8 Å². The molecular formula is C18H27Cl2N3OS. The SMILES string of the molecule is Cc1nc(-c2ccsc2)ccc1C(=O)NC(C)(CN)CC(C)C.Cl.Cl. The summed E-state index contributed by atoms with van der Waals surface area (Å²) in [6.07, 6.45) is 0.842. The third kappa shape index (κ3) is 6.26. The Bertz CT molecular complexity index is 677. The van der Waals surface area contributed by atoms with Crippen LogP contribution in [0.4, 0.5) is 0 Å². The second kappa shape index (κ2) is 10.1. The molecule has 0 aromatic carbocycles. The number of nitrogens with one attached hydrogen (secondary N) is 1. The summed E-state index contributed by atoms with van der Waals surface area (Å²) < 4.78 is 0. The van der Waals surface area contributed by atoms with Gasteiger partial charge in [0.05, 0.1) is 17.0 Å². The topological polar surface area (TPSA) is 68.0 Å². The second-order valence-electron chi connectivity index (χ2n) is 6.66. The molecule has 2 aromatic heterocycles. The van der Waals surface area contributed by atoms with Gasteiger partial charge in [0, 0.05) is 23.0 Å². The van der Waals surface area contributed by atoms with Crippen molar-refractivity contribution < 1.29 is 4.79 Å². The van der Waals surface area contributed by atoms with Crippen LogP contribution in [-0.2, 0) is 0 Å². The molecule has 0 radical (unpaired) electrons. The summed E-state index contributed by atoms with van der Waals surface area (Å²) in [4.78, 5) is 17.2. The Morgan fingerprint density at radius 3 is 2.48 bits per heavy atom. The quantitative estimate of drug-likeness (QED) is 0.747. The average Bonchev–Trinajstić information content (AvgIpc) is 3.00. The molecule has 0 aliphatic heterocycles. The first-order valence-electron chi connectivity index (χ1n) is 7.87. The lowest BCUT2D eigenvalue weighted by molar-refractivity contribution is 0.0897. The number of aryl methyl sites for hydroxylation is 1. The molecule has 0 saturated carbocycles. The van der Waals surface area contributed by atoms with Crippen LogP contribution in [0.3, 0.4) is 0 Å². The molecule has 0 fully saturated rings. The molecule has 3 N–H and O–H groups in total. The van der Waals surface area contributed by atoms with Crippen LogP contribution in [0.15, 0.2) is 29.0 Å². The minimum atomic E-state index is -0.399. The van der Waals surface area contributed by atoms with Crippen LogP contribution in [0, 0.1) is 12.8 Å². The molecule has 2 rings (SSSR count). The zero-order valence-electron chi connectivity index (χ0n) is 15.0. The van der Waals surface area contributed by atoms with E-state index in [0.29, 0.717) is 18.0 Å². The Morgan fingerprint density at radius 2 is 2.00 bits per heavy atom. The van der Waals surface area contributed by atoms with Gasteiger partial charge in [0.1, 0.15) is 0 Å². The van der Waals surface area contributed by atoms with Gasteiger partial charge in [0.2, 0.25) is 0 Å². The predicted octanol–water partition coefficient (Wildman–Crippen LogP) is 4.46. The Balaban J connectivity index is 0.00000288. The van der Waals surface area contributed by atoms with E-state index in [9.17, 15) is 4.79 Å². The number of carbonyl (C=O) groups is 1. The first kappa shape index (κ1) is 23.9. The van der Waals surface area contributed by atoms with E-state index in [1.165, 1.54) is 0 Å². The van der Waals surface area contributed by atoms with Gasteiger partial charge in [-0.25, -0.2) is 0 Å². The van der Waals surface area contributed by atoms with E-state index >= 15 is 0 Å². The molecule has 1 atom stereocenters. The summed E-state index contributed by atoms with van der Waals surface area (Å²) in [6, 6.07) is 5.77. The van der Waals surface area contributed by atoms with Gasteiger partial charge in [-0.3, -0.25) is 9.78 Å². The lowest BCUT2D eigenvalue weighted by Crippen LogP contribution is -2.52. The Hall–Kier alpha value is -1.14. The molecule has 0 aliphatic rings. The standard InChI is InChI=1S/C18H25N3OS.2ClH/c1-12(2)9-18(4,11-19)21-17(22)15-5-6-16(20-13(15)3)14-7-8-23-10-14;;/h5-8,10,12H,9,11,19H2,1-4H3,(H,21,22);2*1H. The van der Waals surface area contributed by atoms with E-state index in [1.54, 1.807) is 11.3 Å². The first-order chi connectivity index (χ1) is 10.8. The summed E-state index contributed by atoms with van der Waals surface area (Å²) in [6.45, 7) is 8.53. The molecule has 1 unspecified atom stereocenters. The number of nitrogens with two attached hydrogens (primary N) is 1. The highest BCUT2D eigenvalue weighted by atomic mass is 35.5. The Morgan fingerprint density at radius 1 is 1.32 bits per heavy atom. The monoisotopic (exact) mass is 403 g/mol. The lowest BCUT2D eigenvalue weighted by Gasteiger charge is -2.31. The minimum Gasteiger partial charge on any atom is -0.346 e. The van der Waals surface area contributed by atoms with Crippen molar-refractivity contribution in [1.82, 2.24) is 10.3 Å². The van der Waals surface area contributed by atoms with E-state index in [4.69, 9.17) is 5.73 Å². The highest BCUT2D eigenvalue weighted by Crippen LogP contribution is 2.22. The molecule has 0 bridgehead atoms. The number of nitrogens with zero attached hydrogens (tertiary/aromatic N) is 1. The van der Waals surface area contributed by atoms with Crippen molar-refractivity contribution in [3.63, 3.8) is 0 Å². The predicted molar refractivity (Wildman–Crippen MR) is 111 cm³/mol. The maximum Gasteiger partial charge on any atom is 0.253 e. The van der Waals surface area contributed by atoms with Crippen LogP contribution < -0.4 is 11.1 Å².